The summed E-state index contributed by atoms with van der Waals surface area (Å²) in [6.07, 6.45) is 15.2. The molecule has 13 heteroatoms. The Kier molecular flexibility index (Phi) is 9.99. The predicted molar refractivity (Wildman–Crippen MR) is 208 cm³/mol. The Bertz CT molecular complexity index is 2020. The van der Waals surface area contributed by atoms with Crippen LogP contribution in [0.4, 0.5) is 4.79 Å². The molecule has 1 aromatic carbocycles. The minimum absolute atomic E-state index is 0.0612. The van der Waals surface area contributed by atoms with Crippen LogP contribution in [0.3, 0.4) is 0 Å². The summed E-state index contributed by atoms with van der Waals surface area (Å²) >= 11 is 0. The number of pyridine rings is 1. The normalized spacial score (nSPS) is 31.5. The second-order valence-corrected chi connectivity index (χ2v) is 19.8. The van der Waals surface area contributed by atoms with Crippen molar-refractivity contribution < 1.29 is 32.3 Å². The van der Waals surface area contributed by atoms with Gasteiger partial charge in [0.1, 0.15) is 17.4 Å². The number of para-hydroxylation sites is 1. The van der Waals surface area contributed by atoms with Crippen LogP contribution in [0.2, 0.25) is 0 Å². The Morgan fingerprint density at radius 2 is 1.69 bits per heavy atom. The van der Waals surface area contributed by atoms with Crippen LogP contribution in [-0.4, -0.2) is 76.9 Å². The van der Waals surface area contributed by atoms with Gasteiger partial charge in [-0.05, 0) is 90.0 Å². The van der Waals surface area contributed by atoms with Crippen molar-refractivity contribution in [3.05, 3.63) is 47.7 Å². The summed E-state index contributed by atoms with van der Waals surface area (Å²) in [7, 11) is -3.93. The molecule has 1 spiro atoms. The van der Waals surface area contributed by atoms with Gasteiger partial charge in [0.25, 0.3) is 0 Å². The van der Waals surface area contributed by atoms with E-state index in [9.17, 15) is 27.6 Å². The first-order valence-electron chi connectivity index (χ1n) is 20.5. The van der Waals surface area contributed by atoms with Crippen LogP contribution in [0.5, 0.6) is 5.75 Å². The quantitative estimate of drug-likeness (QED) is 0.326. The van der Waals surface area contributed by atoms with E-state index in [1.54, 1.807) is 11.8 Å². The first kappa shape index (κ1) is 37.9. The molecule has 296 valence electrons. The van der Waals surface area contributed by atoms with Gasteiger partial charge in [0.2, 0.25) is 21.8 Å². The number of allylic oxidation sites excluding steroid dienone is 2. The highest BCUT2D eigenvalue weighted by Gasteiger charge is 2.63. The van der Waals surface area contributed by atoms with Crippen LogP contribution < -0.4 is 20.1 Å². The van der Waals surface area contributed by atoms with E-state index in [-0.39, 0.29) is 49.1 Å². The molecule has 3 aliphatic carbocycles. The van der Waals surface area contributed by atoms with Gasteiger partial charge in [0, 0.05) is 29.8 Å². The number of ketones is 1. The van der Waals surface area contributed by atoms with Crippen LogP contribution in [-0.2, 0) is 30.8 Å². The SMILES string of the molecule is Cc1nc2ccccc2c2c1O[C@]1(CC2)C[C@H]2C(=O)C[C@]3(C(=O)NS(=O)(=O)C4(C)CC4)C[C@H]3/C=C\CCCCC[C@H](NC(=O)NC3CCCCC3)C(=O)N2C1. The van der Waals surface area contributed by atoms with Crippen molar-refractivity contribution in [2.24, 2.45) is 11.3 Å². The molecular formula is C42H55N5O7S. The number of fused-ring (bicyclic) bond motifs is 5. The molecule has 8 rings (SSSR count). The van der Waals surface area contributed by atoms with Gasteiger partial charge in [-0.3, -0.25) is 19.1 Å². The number of nitrogens with one attached hydrogen (secondary N) is 3. The number of carbonyl (C=O) groups is 4. The number of hydrogen-bond donors (Lipinski definition) is 3. The maximum Gasteiger partial charge on any atom is 0.315 e. The van der Waals surface area contributed by atoms with Crippen LogP contribution in [0.15, 0.2) is 36.4 Å². The second kappa shape index (κ2) is 14.5. The molecule has 1 aromatic heterocycles. The highest BCUT2D eigenvalue weighted by atomic mass is 32.2. The Balaban J connectivity index is 1.11. The molecule has 3 N–H and O–H groups in total. The van der Waals surface area contributed by atoms with E-state index in [1.165, 1.54) is 0 Å². The van der Waals surface area contributed by atoms with Crippen molar-refractivity contribution in [2.45, 2.75) is 151 Å². The van der Waals surface area contributed by atoms with E-state index in [0.29, 0.717) is 50.7 Å². The average Bonchev–Trinajstić information content (AvgIpc) is 4.05. The molecule has 55 heavy (non-hydrogen) atoms. The van der Waals surface area contributed by atoms with Crippen molar-refractivity contribution in [1.82, 2.24) is 25.2 Å². The number of sulfonamides is 1. The lowest BCUT2D eigenvalue weighted by Gasteiger charge is -2.36. The van der Waals surface area contributed by atoms with Crippen molar-refractivity contribution >= 4 is 44.6 Å². The van der Waals surface area contributed by atoms with E-state index in [4.69, 9.17) is 9.72 Å². The van der Waals surface area contributed by atoms with Gasteiger partial charge in [-0.15, -0.1) is 0 Å². The van der Waals surface area contributed by atoms with Gasteiger partial charge >= 0.3 is 6.03 Å². The number of amides is 4. The Morgan fingerprint density at radius 1 is 0.945 bits per heavy atom. The zero-order valence-electron chi connectivity index (χ0n) is 32.2. The van der Waals surface area contributed by atoms with Crippen LogP contribution in [0.1, 0.15) is 121 Å². The number of nitrogens with zero attached hydrogens (tertiary/aromatic N) is 2. The molecule has 4 amide bonds. The number of Topliss-reactive ketones (excluding diaryl/α,β-unsaturated/α-hetero) is 1. The molecule has 12 nitrogen and oxygen atoms in total. The predicted octanol–water partition coefficient (Wildman–Crippen LogP) is 5.69. The molecule has 5 atom stereocenters. The topological polar surface area (TPSA) is 164 Å². The number of hydrogen-bond acceptors (Lipinski definition) is 8. The number of rotatable bonds is 5. The average molecular weight is 774 g/mol. The van der Waals surface area contributed by atoms with Crippen molar-refractivity contribution in [3.63, 3.8) is 0 Å². The third kappa shape index (κ3) is 7.37. The number of ether oxygens (including phenoxy) is 1. The first-order valence-corrected chi connectivity index (χ1v) is 22.0. The standard InChI is InChI=1S/C42H55N5O7S/c1-27-36-31(30-16-11-12-17-32(30)43-27)19-20-41(54-36)24-34-35(48)25-42(38(50)46-55(52,53)40(2)21-22-40)23-28(42)13-7-4-3-5-10-18-33(37(49)47(34)26-41)45-39(51)44-29-14-8-6-9-15-29/h7,11-13,16-17,28-29,33-34H,3-6,8-10,14-15,18-26H2,1-2H3,(H,46,50)(H2,44,45,51)/b13-7-/t28-,33+,34+,41-,42-/m1/s1. The molecule has 2 aromatic rings. The molecule has 0 radical (unpaired) electrons. The van der Waals surface area contributed by atoms with Crippen molar-refractivity contribution in [2.75, 3.05) is 6.54 Å². The Hall–Kier alpha value is -4.00. The monoisotopic (exact) mass is 773 g/mol. The van der Waals surface area contributed by atoms with E-state index < -0.39 is 43.8 Å². The molecule has 4 heterocycles. The molecular weight excluding hydrogens is 719 g/mol. The van der Waals surface area contributed by atoms with E-state index in [0.717, 1.165) is 73.5 Å². The number of urea groups is 1. The summed E-state index contributed by atoms with van der Waals surface area (Å²) in [5.74, 6) is -0.889. The molecule has 3 saturated carbocycles. The number of aryl methyl sites for hydroxylation is 2. The summed E-state index contributed by atoms with van der Waals surface area (Å²) < 4.78 is 34.8. The van der Waals surface area contributed by atoms with Gasteiger partial charge in [-0.25, -0.2) is 18.2 Å². The highest BCUT2D eigenvalue weighted by molar-refractivity contribution is 7.91. The van der Waals surface area contributed by atoms with Gasteiger partial charge in [0.05, 0.1) is 34.0 Å². The molecule has 0 unspecified atom stereocenters. The minimum Gasteiger partial charge on any atom is -0.483 e. The smallest absolute Gasteiger partial charge is 0.315 e. The Labute approximate surface area is 324 Å². The summed E-state index contributed by atoms with van der Waals surface area (Å²) in [5.41, 5.74) is 0.567. The fourth-order valence-corrected chi connectivity index (χ4v) is 10.9. The molecule has 0 bridgehead atoms. The van der Waals surface area contributed by atoms with Crippen LogP contribution >= 0.6 is 0 Å². The number of aromatic nitrogens is 1. The molecule has 4 fully saturated rings. The lowest BCUT2D eigenvalue weighted by atomic mass is 9.85. The lowest BCUT2D eigenvalue weighted by molar-refractivity contribution is -0.140. The summed E-state index contributed by atoms with van der Waals surface area (Å²) in [6, 6.07) is 5.87. The number of carbonyl (C=O) groups excluding carboxylic acids is 4. The van der Waals surface area contributed by atoms with E-state index in [1.807, 2.05) is 43.3 Å². The zero-order valence-corrected chi connectivity index (χ0v) is 33.0. The van der Waals surface area contributed by atoms with Gasteiger partial charge in [-0.2, -0.15) is 0 Å². The fraction of sp³-hybridized carbons (Fsp3) is 0.643. The lowest BCUT2D eigenvalue weighted by Crippen LogP contribution is -2.55. The maximum absolute atomic E-state index is 14.9. The van der Waals surface area contributed by atoms with Crippen molar-refractivity contribution in [1.29, 1.82) is 0 Å². The summed E-state index contributed by atoms with van der Waals surface area (Å²) in [6.45, 7) is 3.69. The highest BCUT2D eigenvalue weighted by Crippen LogP contribution is 2.58. The second-order valence-electron chi connectivity index (χ2n) is 17.6. The van der Waals surface area contributed by atoms with E-state index in [2.05, 4.69) is 15.4 Å². The van der Waals surface area contributed by atoms with Gasteiger partial charge in [0.15, 0.2) is 5.78 Å². The third-order valence-corrected chi connectivity index (χ3v) is 15.7. The van der Waals surface area contributed by atoms with Gasteiger partial charge < -0.3 is 20.3 Å². The molecule has 6 aliphatic rings. The largest absolute Gasteiger partial charge is 0.483 e. The number of benzene rings is 1. The minimum atomic E-state index is -3.93. The zero-order chi connectivity index (χ0) is 38.6. The molecule has 3 aliphatic heterocycles. The summed E-state index contributed by atoms with van der Waals surface area (Å²) in [5, 5.41) is 7.12. The maximum atomic E-state index is 14.9. The van der Waals surface area contributed by atoms with Gasteiger partial charge in [-0.1, -0.05) is 62.5 Å². The van der Waals surface area contributed by atoms with E-state index >= 15 is 0 Å². The van der Waals surface area contributed by atoms with Crippen LogP contribution in [0, 0.1) is 18.3 Å². The fourth-order valence-electron chi connectivity index (χ4n) is 9.61. The Morgan fingerprint density at radius 3 is 2.47 bits per heavy atom. The van der Waals surface area contributed by atoms with Crippen molar-refractivity contribution in [3.8, 4) is 5.75 Å². The third-order valence-electron chi connectivity index (χ3n) is 13.5. The van der Waals surface area contributed by atoms with Crippen LogP contribution in [0.25, 0.3) is 10.9 Å². The molecule has 1 saturated heterocycles. The summed E-state index contributed by atoms with van der Waals surface area (Å²) in [4.78, 5) is 63.5. The first-order chi connectivity index (χ1) is 26.3.